The van der Waals surface area contributed by atoms with Gasteiger partial charge in [-0.25, -0.2) is 4.98 Å². The van der Waals surface area contributed by atoms with E-state index < -0.39 is 0 Å². The molecule has 0 unspecified atom stereocenters. The highest BCUT2D eigenvalue weighted by molar-refractivity contribution is 7.71. The minimum atomic E-state index is 0.414. The van der Waals surface area contributed by atoms with Crippen molar-refractivity contribution in [3.63, 3.8) is 0 Å². The first-order valence-corrected chi connectivity index (χ1v) is 5.42. The molecule has 14 heavy (non-hydrogen) atoms. The Labute approximate surface area is 89.0 Å². The lowest BCUT2D eigenvalue weighted by molar-refractivity contribution is 0.611. The molecule has 0 aromatic carbocycles. The van der Waals surface area contributed by atoms with E-state index in [0.717, 1.165) is 30.0 Å². The van der Waals surface area contributed by atoms with Crippen LogP contribution in [0.15, 0.2) is 0 Å². The Bertz CT molecular complexity index is 395. The standard InChI is InChI=1S/C10H15N3S/c1-6(2)9-12-8-3-4-11-5-7(8)10(14)13-9/h6,11H,3-5H2,1-2H3,(H,12,13,14). The lowest BCUT2D eigenvalue weighted by atomic mass is 10.1. The molecule has 0 saturated heterocycles. The maximum Gasteiger partial charge on any atom is 0.134 e. The summed E-state index contributed by atoms with van der Waals surface area (Å²) in [5.74, 6) is 1.42. The molecular weight excluding hydrogens is 194 g/mol. The van der Waals surface area contributed by atoms with E-state index in [2.05, 4.69) is 29.1 Å². The molecule has 0 atom stereocenters. The monoisotopic (exact) mass is 209 g/mol. The van der Waals surface area contributed by atoms with Crippen LogP contribution in [0.1, 0.15) is 36.8 Å². The van der Waals surface area contributed by atoms with Crippen LogP contribution in [-0.4, -0.2) is 16.5 Å². The molecule has 1 aromatic heterocycles. The highest BCUT2D eigenvalue weighted by Gasteiger charge is 2.13. The van der Waals surface area contributed by atoms with Gasteiger partial charge in [-0.2, -0.15) is 0 Å². The van der Waals surface area contributed by atoms with Crippen molar-refractivity contribution in [1.82, 2.24) is 15.3 Å². The fraction of sp³-hybridized carbons (Fsp3) is 0.600. The second-order valence-electron chi connectivity index (χ2n) is 3.97. The van der Waals surface area contributed by atoms with E-state index in [1.54, 1.807) is 0 Å². The molecule has 0 bridgehead atoms. The molecule has 1 aliphatic heterocycles. The van der Waals surface area contributed by atoms with Gasteiger partial charge < -0.3 is 10.3 Å². The third-order valence-electron chi connectivity index (χ3n) is 2.52. The zero-order valence-electron chi connectivity index (χ0n) is 8.55. The minimum absolute atomic E-state index is 0.414. The second kappa shape index (κ2) is 3.79. The quantitative estimate of drug-likeness (QED) is 0.694. The SMILES string of the molecule is CC(C)c1nc(=S)c2c([nH]1)CCNC2. The van der Waals surface area contributed by atoms with Crippen molar-refractivity contribution in [2.75, 3.05) is 6.54 Å². The van der Waals surface area contributed by atoms with Crippen molar-refractivity contribution in [1.29, 1.82) is 0 Å². The summed E-state index contributed by atoms with van der Waals surface area (Å²) in [6.07, 6.45) is 1.03. The van der Waals surface area contributed by atoms with Gasteiger partial charge in [-0.15, -0.1) is 0 Å². The first kappa shape index (κ1) is 9.80. The zero-order chi connectivity index (χ0) is 10.1. The highest BCUT2D eigenvalue weighted by atomic mass is 32.1. The van der Waals surface area contributed by atoms with Crippen LogP contribution < -0.4 is 5.32 Å². The van der Waals surface area contributed by atoms with Crippen LogP contribution >= 0.6 is 12.2 Å². The smallest absolute Gasteiger partial charge is 0.134 e. The molecule has 0 fully saturated rings. The topological polar surface area (TPSA) is 40.7 Å². The van der Waals surface area contributed by atoms with Gasteiger partial charge in [0.2, 0.25) is 0 Å². The van der Waals surface area contributed by atoms with E-state index in [1.807, 2.05) is 0 Å². The highest BCUT2D eigenvalue weighted by Crippen LogP contribution is 2.16. The molecular formula is C10H15N3S. The summed E-state index contributed by atoms with van der Waals surface area (Å²) in [6, 6.07) is 0. The third kappa shape index (κ3) is 1.72. The van der Waals surface area contributed by atoms with E-state index in [0.29, 0.717) is 5.92 Å². The minimum Gasteiger partial charge on any atom is -0.347 e. The molecule has 2 N–H and O–H groups in total. The summed E-state index contributed by atoms with van der Waals surface area (Å²) in [6.45, 7) is 6.14. The average Bonchev–Trinajstić information content (AvgIpc) is 2.17. The predicted octanol–water partition coefficient (Wildman–Crippen LogP) is 1.91. The van der Waals surface area contributed by atoms with Gasteiger partial charge in [0.25, 0.3) is 0 Å². The molecule has 0 radical (unpaired) electrons. The first-order valence-electron chi connectivity index (χ1n) is 5.01. The molecule has 0 aliphatic carbocycles. The van der Waals surface area contributed by atoms with Crippen LogP contribution in [0.25, 0.3) is 0 Å². The predicted molar refractivity (Wildman–Crippen MR) is 58.9 cm³/mol. The third-order valence-corrected chi connectivity index (χ3v) is 2.86. The average molecular weight is 209 g/mol. The van der Waals surface area contributed by atoms with E-state index in [9.17, 15) is 0 Å². The van der Waals surface area contributed by atoms with Gasteiger partial charge in [0.05, 0.1) is 0 Å². The summed E-state index contributed by atoms with van der Waals surface area (Å²) >= 11 is 5.27. The van der Waals surface area contributed by atoms with Crippen LogP contribution in [0.2, 0.25) is 0 Å². The van der Waals surface area contributed by atoms with E-state index in [-0.39, 0.29) is 0 Å². The number of rotatable bonds is 1. The van der Waals surface area contributed by atoms with Crippen molar-refractivity contribution in [3.8, 4) is 0 Å². The maximum absolute atomic E-state index is 5.27. The van der Waals surface area contributed by atoms with Crippen LogP contribution in [0.3, 0.4) is 0 Å². The molecule has 3 nitrogen and oxygen atoms in total. The molecule has 0 spiro atoms. The van der Waals surface area contributed by atoms with Gasteiger partial charge in [0.15, 0.2) is 0 Å². The number of aromatic nitrogens is 2. The summed E-state index contributed by atoms with van der Waals surface area (Å²) in [5, 5.41) is 3.30. The number of H-pyrrole nitrogens is 1. The molecule has 76 valence electrons. The normalized spacial score (nSPS) is 15.6. The molecule has 1 aromatic rings. The van der Waals surface area contributed by atoms with Crippen molar-refractivity contribution in [3.05, 3.63) is 21.7 Å². The van der Waals surface area contributed by atoms with Crippen LogP contribution in [-0.2, 0) is 13.0 Å². The van der Waals surface area contributed by atoms with Gasteiger partial charge in [-0.05, 0) is 0 Å². The van der Waals surface area contributed by atoms with Gasteiger partial charge in [0.1, 0.15) is 10.5 Å². The number of fused-ring (bicyclic) bond motifs is 1. The van der Waals surface area contributed by atoms with Crippen molar-refractivity contribution in [2.45, 2.75) is 32.7 Å². The largest absolute Gasteiger partial charge is 0.347 e. The second-order valence-corrected chi connectivity index (χ2v) is 4.35. The van der Waals surface area contributed by atoms with Crippen LogP contribution in [0, 0.1) is 4.64 Å². The van der Waals surface area contributed by atoms with Gasteiger partial charge in [0, 0.05) is 36.7 Å². The fourth-order valence-electron chi connectivity index (χ4n) is 1.66. The molecule has 1 aliphatic rings. The molecule has 4 heteroatoms. The lowest BCUT2D eigenvalue weighted by Crippen LogP contribution is -2.26. The lowest BCUT2D eigenvalue weighted by Gasteiger charge is -2.18. The Morgan fingerprint density at radius 1 is 1.43 bits per heavy atom. The van der Waals surface area contributed by atoms with Gasteiger partial charge in [-0.3, -0.25) is 0 Å². The maximum atomic E-state index is 5.27. The molecule has 2 heterocycles. The van der Waals surface area contributed by atoms with E-state index in [1.165, 1.54) is 11.3 Å². The zero-order valence-corrected chi connectivity index (χ0v) is 9.37. The van der Waals surface area contributed by atoms with Crippen molar-refractivity contribution in [2.24, 2.45) is 0 Å². The number of hydrogen-bond donors (Lipinski definition) is 2. The number of nitrogens with one attached hydrogen (secondary N) is 2. The summed E-state index contributed by atoms with van der Waals surface area (Å²) in [7, 11) is 0. The fourth-order valence-corrected chi connectivity index (χ4v) is 1.95. The number of hydrogen-bond acceptors (Lipinski definition) is 3. The Kier molecular flexibility index (Phi) is 2.65. The Morgan fingerprint density at radius 2 is 2.21 bits per heavy atom. The summed E-state index contributed by atoms with van der Waals surface area (Å²) < 4.78 is 0.759. The molecule has 0 saturated carbocycles. The Balaban J connectivity index is 2.52. The summed E-state index contributed by atoms with van der Waals surface area (Å²) in [5.41, 5.74) is 2.45. The summed E-state index contributed by atoms with van der Waals surface area (Å²) in [4.78, 5) is 7.79. The Morgan fingerprint density at radius 3 is 2.93 bits per heavy atom. The first-order chi connectivity index (χ1) is 6.68. The number of nitrogens with zero attached hydrogens (tertiary/aromatic N) is 1. The van der Waals surface area contributed by atoms with E-state index in [4.69, 9.17) is 12.2 Å². The van der Waals surface area contributed by atoms with E-state index >= 15 is 0 Å². The van der Waals surface area contributed by atoms with Crippen molar-refractivity contribution >= 4 is 12.2 Å². The van der Waals surface area contributed by atoms with Gasteiger partial charge >= 0.3 is 0 Å². The number of aromatic amines is 1. The Hall–Kier alpha value is -0.740. The van der Waals surface area contributed by atoms with Crippen LogP contribution in [0.4, 0.5) is 0 Å². The molecule has 2 rings (SSSR count). The van der Waals surface area contributed by atoms with Crippen molar-refractivity contribution < 1.29 is 0 Å². The van der Waals surface area contributed by atoms with Crippen LogP contribution in [0.5, 0.6) is 0 Å². The molecule has 0 amide bonds. The van der Waals surface area contributed by atoms with Gasteiger partial charge in [-0.1, -0.05) is 26.1 Å².